The molecule has 4 aliphatic rings. The minimum atomic E-state index is -4.50. The molecule has 4 radical (unpaired) electrons. The number of halogens is 5. The molecule has 3 saturated heterocycles. The summed E-state index contributed by atoms with van der Waals surface area (Å²) in [6.45, 7) is -0.317. The molecule has 3 amide bonds. The average molecular weight is 643 g/mol. The molecule has 3 unspecified atom stereocenters. The van der Waals surface area contributed by atoms with Crippen molar-refractivity contribution in [1.82, 2.24) is 35.8 Å². The highest BCUT2D eigenvalue weighted by Gasteiger charge is 3.05. The van der Waals surface area contributed by atoms with E-state index < -0.39 is 47.7 Å². The number of carbonyl (C=O) groups excluding carboxylic acids is 2. The number of aromatic nitrogens is 4. The van der Waals surface area contributed by atoms with Crippen molar-refractivity contribution in [2.75, 3.05) is 13.7 Å². The van der Waals surface area contributed by atoms with Gasteiger partial charge in [0, 0.05) is 35.9 Å². The summed E-state index contributed by atoms with van der Waals surface area (Å²) in [4.78, 5) is 31.7. The number of imidazole rings is 1. The van der Waals surface area contributed by atoms with Gasteiger partial charge in [0.15, 0.2) is 11.3 Å². The topological polar surface area (TPSA) is 138 Å². The quantitative estimate of drug-likeness (QED) is 0.266. The third-order valence-corrected chi connectivity index (χ3v) is 8.64. The van der Waals surface area contributed by atoms with Crippen LogP contribution in [0.3, 0.4) is 0 Å². The number of nitrogens with zero attached hydrogens (tertiary/aromatic N) is 4. The highest BCUT2D eigenvalue weighted by atomic mass is 19.4. The first-order valence-electron chi connectivity index (χ1n) is 14.6. The fourth-order valence-electron chi connectivity index (χ4n) is 5.49. The second-order valence-corrected chi connectivity index (χ2v) is 12.3. The second-order valence-electron chi connectivity index (χ2n) is 12.3. The maximum atomic E-state index is 14.7. The molecule has 11 nitrogen and oxygen atoms in total. The molecule has 1 aliphatic carbocycles. The fraction of sp³-hybridized carbons (Fsp3) is 0.577. The highest BCUT2D eigenvalue weighted by Crippen LogP contribution is 2.83. The molecule has 0 bridgehead atoms. The Morgan fingerprint density at radius 3 is 2.41 bits per heavy atom. The van der Waals surface area contributed by atoms with Gasteiger partial charge in [0.1, 0.15) is 11.5 Å². The average Bonchev–Trinajstić information content (AvgIpc) is 3.91. The zero-order valence-electron chi connectivity index (χ0n) is 25.6. The lowest BCUT2D eigenvalue weighted by Crippen LogP contribution is -2.58. The number of hydrogen-bond acceptors (Lipinski definition) is 7. The van der Waals surface area contributed by atoms with E-state index in [4.69, 9.17) is 20.4 Å². The zero-order valence-corrected chi connectivity index (χ0v) is 25.6. The Morgan fingerprint density at radius 2 is 1.85 bits per heavy atom. The number of amides is 3. The summed E-state index contributed by atoms with van der Waals surface area (Å²) in [5.74, 6) is 0.140. The predicted octanol–water partition coefficient (Wildman–Crippen LogP) is 2.93. The van der Waals surface area contributed by atoms with E-state index in [9.17, 15) is 31.4 Å². The van der Waals surface area contributed by atoms with Gasteiger partial charge in [-0.3, -0.25) is 4.79 Å². The van der Waals surface area contributed by atoms with Gasteiger partial charge in [0.25, 0.3) is 5.91 Å². The monoisotopic (exact) mass is 643 g/mol. The van der Waals surface area contributed by atoms with Crippen LogP contribution in [0.15, 0.2) is 22.8 Å². The Bertz CT molecular complexity index is 1640. The van der Waals surface area contributed by atoms with Gasteiger partial charge in [-0.1, -0.05) is 30.5 Å². The van der Waals surface area contributed by atoms with E-state index in [2.05, 4.69) is 35.5 Å². The summed E-state index contributed by atoms with van der Waals surface area (Å²) in [7, 11) is 13.5. The Hall–Kier alpha value is -3.56. The molecule has 4 fully saturated rings. The van der Waals surface area contributed by atoms with E-state index in [1.54, 1.807) is 25.1 Å². The number of ether oxygens (including phenoxy) is 1. The van der Waals surface area contributed by atoms with Crippen LogP contribution < -0.4 is 10.6 Å². The standard InChI is InChI=1S/C18H17B4F5N4O2.C5H7N3O2.C3H6/c1-14(2,18(23,24)25)33-6-5-12-28-10-4-3-9(7-11(10)29-12)8-31-13(32)30-16(19)15(21(16)26)17(31,20)22(15)27;1-3-4(5(9)6-2)8-10-7-3;1-2-3-1/h3-4,7H,5-6,8H2,1-2H3,(H,28,29)(H,30,32);1-2H3,(H,6,9);1-3H2. The lowest BCUT2D eigenvalue weighted by atomic mass is 9.73. The number of aromatic amines is 1. The van der Waals surface area contributed by atoms with Crippen LogP contribution in [0.25, 0.3) is 11.0 Å². The third-order valence-electron chi connectivity index (χ3n) is 8.64. The first-order valence-corrected chi connectivity index (χ1v) is 14.6. The van der Waals surface area contributed by atoms with Crippen molar-refractivity contribution in [2.45, 2.75) is 80.7 Å². The number of carbonyl (C=O) groups is 2. The van der Waals surface area contributed by atoms with Crippen molar-refractivity contribution in [3.8, 4) is 0 Å². The number of nitrogens with one attached hydrogen (secondary N) is 3. The van der Waals surface area contributed by atoms with E-state index >= 15 is 0 Å². The number of aryl methyl sites for hydroxylation is 1. The summed E-state index contributed by atoms with van der Waals surface area (Å²) in [6.07, 6.45) is 0.119. The van der Waals surface area contributed by atoms with Gasteiger partial charge in [-0.15, -0.1) is 0 Å². The van der Waals surface area contributed by atoms with Crippen molar-refractivity contribution >= 4 is 52.6 Å². The van der Waals surface area contributed by atoms with Gasteiger partial charge in [0.2, 0.25) is 0 Å². The number of benzene rings is 1. The number of hydrogen-bond donors (Lipinski definition) is 3. The van der Waals surface area contributed by atoms with Crippen molar-refractivity contribution in [3.05, 3.63) is 41.0 Å². The van der Waals surface area contributed by atoms with Gasteiger partial charge in [-0.2, -0.15) is 13.2 Å². The number of rotatable bonds is 7. The molecule has 3 aliphatic heterocycles. The summed E-state index contributed by atoms with van der Waals surface area (Å²) in [5.41, 5.74) is 0.137. The molecule has 46 heavy (non-hydrogen) atoms. The van der Waals surface area contributed by atoms with Crippen LogP contribution in [0, 0.1) is 6.92 Å². The van der Waals surface area contributed by atoms with Crippen LogP contribution in [0.2, 0.25) is 5.21 Å². The minimum absolute atomic E-state index is 0.0967. The Kier molecular flexibility index (Phi) is 8.52. The van der Waals surface area contributed by atoms with Crippen molar-refractivity contribution in [3.63, 3.8) is 0 Å². The first-order chi connectivity index (χ1) is 21.5. The van der Waals surface area contributed by atoms with Gasteiger partial charge in [-0.05, 0) is 43.6 Å². The molecule has 3 atom stereocenters. The zero-order chi connectivity index (χ0) is 33.9. The van der Waals surface area contributed by atoms with E-state index in [0.29, 0.717) is 28.1 Å². The minimum Gasteiger partial charge on any atom is -0.366 e. The second kappa shape index (κ2) is 11.6. The van der Waals surface area contributed by atoms with Crippen LogP contribution in [-0.4, -0.2) is 103 Å². The van der Waals surface area contributed by atoms with Crippen LogP contribution >= 0.6 is 0 Å². The van der Waals surface area contributed by atoms with Gasteiger partial charge in [-0.25, -0.2) is 14.4 Å². The smallest absolute Gasteiger partial charge is 0.366 e. The highest BCUT2D eigenvalue weighted by molar-refractivity contribution is 7.10. The molecule has 1 spiro atoms. The Balaban J connectivity index is 0.000000266. The third kappa shape index (κ3) is 5.45. The predicted molar refractivity (Wildman–Crippen MR) is 160 cm³/mol. The van der Waals surface area contributed by atoms with Crippen LogP contribution in [0.5, 0.6) is 0 Å². The molecular formula is C26H30B4F5N7O4. The number of alkyl halides is 3. The molecule has 5 heterocycles. The lowest BCUT2D eigenvalue weighted by molar-refractivity contribution is -0.263. The summed E-state index contributed by atoms with van der Waals surface area (Å²) in [5, 5.41) is 6.29. The van der Waals surface area contributed by atoms with Gasteiger partial charge < -0.3 is 33.9 Å². The maximum Gasteiger partial charge on any atom is 0.416 e. The molecule has 240 valence electrons. The number of H-pyrrole nitrogens is 1. The normalized spacial score (nSPS) is 25.8. The Labute approximate surface area is 264 Å². The molecule has 3 N–H and O–H groups in total. The molecular weight excluding hydrogens is 613 g/mol. The molecule has 1 aromatic carbocycles. The maximum absolute atomic E-state index is 14.7. The molecule has 20 heteroatoms. The van der Waals surface area contributed by atoms with Gasteiger partial charge in [0.05, 0.1) is 33.3 Å². The van der Waals surface area contributed by atoms with Crippen LogP contribution in [0.1, 0.15) is 60.7 Å². The van der Waals surface area contributed by atoms with E-state index in [-0.39, 0.29) is 31.2 Å². The first kappa shape index (κ1) is 33.8. The van der Waals surface area contributed by atoms with E-state index in [1.165, 1.54) is 26.3 Å². The molecule has 2 aromatic heterocycles. The van der Waals surface area contributed by atoms with E-state index in [1.807, 2.05) is 0 Å². The van der Waals surface area contributed by atoms with Crippen LogP contribution in [-0.2, 0) is 17.7 Å². The lowest BCUT2D eigenvalue weighted by Gasteiger charge is -2.37. The largest absolute Gasteiger partial charge is 0.416 e. The van der Waals surface area contributed by atoms with E-state index in [0.717, 1.165) is 18.7 Å². The van der Waals surface area contributed by atoms with Crippen molar-refractivity contribution in [2.24, 2.45) is 0 Å². The van der Waals surface area contributed by atoms with Crippen molar-refractivity contribution in [1.29, 1.82) is 0 Å². The Morgan fingerprint density at radius 1 is 1.17 bits per heavy atom. The summed E-state index contributed by atoms with van der Waals surface area (Å²) in [6, 6.07) is 4.20. The number of fused-ring (bicyclic) bond motifs is 1. The number of urea groups is 1. The van der Waals surface area contributed by atoms with Crippen LogP contribution in [0.4, 0.5) is 26.6 Å². The molecule has 3 aromatic rings. The summed E-state index contributed by atoms with van der Waals surface area (Å²) >= 11 is 0. The molecule has 1 saturated carbocycles. The van der Waals surface area contributed by atoms with Gasteiger partial charge >= 0.3 is 26.2 Å². The van der Waals surface area contributed by atoms with Crippen molar-refractivity contribution < 1.29 is 40.8 Å². The fourth-order valence-corrected chi connectivity index (χ4v) is 5.49. The summed E-state index contributed by atoms with van der Waals surface area (Å²) < 4.78 is 77.0. The molecule has 7 rings (SSSR count). The SMILES string of the molecule is C1CC1.CNC(=O)c1nonc1C.[B]C12NC(=O)N(Cc3ccc4nc(CCOC(C)(C)C(F)(F)F)[nH]c4c3)C3([B])B(F)C13B2F.